The molecule has 0 atom stereocenters. The Kier molecular flexibility index (Phi) is 4.40. The summed E-state index contributed by atoms with van der Waals surface area (Å²) in [5, 5.41) is 22.5. The van der Waals surface area contributed by atoms with Crippen LogP contribution in [-0.4, -0.2) is 22.5 Å². The number of nitrogens with one attached hydrogen (secondary N) is 1. The number of fused-ring (bicyclic) bond motifs is 1. The van der Waals surface area contributed by atoms with E-state index in [0.29, 0.717) is 10.6 Å². The van der Waals surface area contributed by atoms with Gasteiger partial charge in [-0.1, -0.05) is 66.2 Å². The fraction of sp³-hybridized carbons (Fsp3) is 0.120. The normalized spacial score (nSPS) is 14.2. The van der Waals surface area contributed by atoms with Crippen LogP contribution in [0.2, 0.25) is 0 Å². The fourth-order valence-corrected chi connectivity index (χ4v) is 4.94. The topological polar surface area (TPSA) is 60.2 Å². The maximum Gasteiger partial charge on any atom is 0.139 e. The summed E-state index contributed by atoms with van der Waals surface area (Å²) in [4.78, 5) is 7.75. The smallest absolute Gasteiger partial charge is 0.139 e. The van der Waals surface area contributed by atoms with Crippen LogP contribution in [0.15, 0.2) is 72.5 Å². The van der Waals surface area contributed by atoms with E-state index < -0.39 is 0 Å². The number of aromatic nitrogens is 1. The van der Waals surface area contributed by atoms with Crippen molar-refractivity contribution >= 4 is 39.2 Å². The van der Waals surface area contributed by atoms with Crippen LogP contribution >= 0.6 is 11.3 Å². The van der Waals surface area contributed by atoms with Crippen LogP contribution in [0.25, 0.3) is 27.6 Å². The zero-order valence-electron chi connectivity index (χ0n) is 16.8. The van der Waals surface area contributed by atoms with Crippen molar-refractivity contribution in [2.45, 2.75) is 13.8 Å². The number of rotatable bonds is 3. The van der Waals surface area contributed by atoms with Gasteiger partial charge in [0.2, 0.25) is 0 Å². The van der Waals surface area contributed by atoms with Crippen molar-refractivity contribution in [3.8, 4) is 11.3 Å². The minimum absolute atomic E-state index is 0.192. The molecule has 0 saturated heterocycles. The van der Waals surface area contributed by atoms with Gasteiger partial charge in [-0.25, -0.2) is 4.98 Å². The average molecular weight is 412 g/mol. The van der Waals surface area contributed by atoms with Crippen molar-refractivity contribution in [3.63, 3.8) is 0 Å². The first-order valence-electron chi connectivity index (χ1n) is 9.84. The summed E-state index contributed by atoms with van der Waals surface area (Å²) in [6.07, 6.45) is 0. The number of hydrogen-bond donors (Lipinski definition) is 2. The van der Waals surface area contributed by atoms with Crippen LogP contribution < -0.4 is 4.90 Å². The van der Waals surface area contributed by atoms with Crippen molar-refractivity contribution in [3.05, 3.63) is 87.9 Å². The van der Waals surface area contributed by atoms with E-state index in [1.165, 1.54) is 16.9 Å². The Balaban J connectivity index is 1.53. The highest BCUT2D eigenvalue weighted by Gasteiger charge is 2.32. The Morgan fingerprint density at radius 2 is 1.70 bits per heavy atom. The maximum atomic E-state index is 10.8. The summed E-state index contributed by atoms with van der Waals surface area (Å²) in [5.41, 5.74) is 4.61. The minimum atomic E-state index is 0.192. The number of nitrogens with zero attached hydrogens (tertiary/aromatic N) is 2. The standard InChI is InChI=1S/C25H21N3OS/c1-15-10-12-18(13-11-15)23-16(2)30-25(27-23)22-21(29)14-28(24(22)26)20-9-5-7-17-6-3-4-8-19(17)20/h3-13,26,29H,14H2,1-2H3. The van der Waals surface area contributed by atoms with Gasteiger partial charge in [-0.3, -0.25) is 5.41 Å². The molecule has 2 heterocycles. The SMILES string of the molecule is Cc1ccc(-c2nc(C3=C(O)CN(c4cccc5ccccc45)C3=N)sc2C)cc1. The highest BCUT2D eigenvalue weighted by Crippen LogP contribution is 2.38. The molecule has 0 amide bonds. The number of hydrogen-bond acceptors (Lipinski definition) is 4. The maximum absolute atomic E-state index is 10.8. The molecular weight excluding hydrogens is 390 g/mol. The number of amidine groups is 1. The number of benzene rings is 3. The Hall–Kier alpha value is -3.44. The first-order valence-corrected chi connectivity index (χ1v) is 10.7. The largest absolute Gasteiger partial charge is 0.510 e. The predicted octanol–water partition coefficient (Wildman–Crippen LogP) is 6.35. The van der Waals surface area contributed by atoms with Gasteiger partial charge in [-0.05, 0) is 25.3 Å². The minimum Gasteiger partial charge on any atom is -0.510 e. The van der Waals surface area contributed by atoms with E-state index in [1.807, 2.05) is 36.1 Å². The molecule has 5 heteroatoms. The van der Waals surface area contributed by atoms with E-state index in [1.54, 1.807) is 0 Å². The summed E-state index contributed by atoms with van der Waals surface area (Å²) in [6.45, 7) is 4.38. The quantitative estimate of drug-likeness (QED) is 0.413. The van der Waals surface area contributed by atoms with Crippen molar-refractivity contribution in [2.24, 2.45) is 0 Å². The van der Waals surface area contributed by atoms with Crippen molar-refractivity contribution in [2.75, 3.05) is 11.4 Å². The van der Waals surface area contributed by atoms with Crippen LogP contribution in [0, 0.1) is 19.3 Å². The lowest BCUT2D eigenvalue weighted by Crippen LogP contribution is -2.26. The van der Waals surface area contributed by atoms with Gasteiger partial charge in [0.05, 0.1) is 23.5 Å². The third kappa shape index (κ3) is 2.99. The molecule has 1 aliphatic heterocycles. The lowest BCUT2D eigenvalue weighted by molar-refractivity contribution is 0.411. The third-order valence-corrected chi connectivity index (χ3v) is 6.48. The van der Waals surface area contributed by atoms with E-state index >= 15 is 0 Å². The molecule has 1 aromatic heterocycles. The van der Waals surface area contributed by atoms with E-state index in [2.05, 4.69) is 49.4 Å². The van der Waals surface area contributed by atoms with Crippen LogP contribution in [-0.2, 0) is 0 Å². The zero-order valence-corrected chi connectivity index (χ0v) is 17.6. The number of aliphatic hydroxyl groups excluding tert-OH is 1. The molecule has 4 aromatic rings. The van der Waals surface area contributed by atoms with E-state index in [0.717, 1.165) is 32.6 Å². The second kappa shape index (κ2) is 7.11. The third-order valence-electron chi connectivity index (χ3n) is 5.50. The fourth-order valence-electron chi connectivity index (χ4n) is 3.94. The van der Waals surface area contributed by atoms with Gasteiger partial charge in [0, 0.05) is 15.8 Å². The number of aryl methyl sites for hydroxylation is 2. The van der Waals surface area contributed by atoms with Crippen molar-refractivity contribution in [1.82, 2.24) is 4.98 Å². The summed E-state index contributed by atoms with van der Waals surface area (Å²) >= 11 is 1.52. The monoisotopic (exact) mass is 411 g/mol. The zero-order chi connectivity index (χ0) is 20.8. The first kappa shape index (κ1) is 18.6. The molecule has 2 N–H and O–H groups in total. The van der Waals surface area contributed by atoms with Gasteiger partial charge in [-0.2, -0.15) is 0 Å². The van der Waals surface area contributed by atoms with Gasteiger partial charge in [0.1, 0.15) is 16.6 Å². The Morgan fingerprint density at radius 3 is 2.50 bits per heavy atom. The van der Waals surface area contributed by atoms with E-state index in [9.17, 15) is 5.11 Å². The van der Waals surface area contributed by atoms with Gasteiger partial charge >= 0.3 is 0 Å². The van der Waals surface area contributed by atoms with Crippen LogP contribution in [0.1, 0.15) is 15.4 Å². The molecule has 4 nitrogen and oxygen atoms in total. The molecule has 0 fully saturated rings. The molecule has 0 spiro atoms. The molecule has 0 radical (unpaired) electrons. The Morgan fingerprint density at radius 1 is 0.967 bits per heavy atom. The number of anilines is 1. The molecule has 5 rings (SSSR count). The summed E-state index contributed by atoms with van der Waals surface area (Å²) in [5.74, 6) is 0.477. The average Bonchev–Trinajstić information content (AvgIpc) is 3.27. The van der Waals surface area contributed by atoms with Crippen molar-refractivity contribution < 1.29 is 5.11 Å². The van der Waals surface area contributed by atoms with Crippen LogP contribution in [0.5, 0.6) is 0 Å². The van der Waals surface area contributed by atoms with Gasteiger partial charge in [0.25, 0.3) is 0 Å². The molecule has 0 aliphatic carbocycles. The molecule has 0 unspecified atom stereocenters. The van der Waals surface area contributed by atoms with Gasteiger partial charge < -0.3 is 10.0 Å². The first-order chi connectivity index (χ1) is 14.5. The lowest BCUT2D eigenvalue weighted by Gasteiger charge is -2.20. The van der Waals surface area contributed by atoms with Crippen LogP contribution in [0.3, 0.4) is 0 Å². The molecular formula is C25H21N3OS. The second-order valence-electron chi connectivity index (χ2n) is 7.54. The highest BCUT2D eigenvalue weighted by molar-refractivity contribution is 7.13. The molecule has 0 bridgehead atoms. The molecule has 148 valence electrons. The predicted molar refractivity (Wildman–Crippen MR) is 126 cm³/mol. The highest BCUT2D eigenvalue weighted by atomic mass is 32.1. The molecule has 30 heavy (non-hydrogen) atoms. The molecule has 1 aliphatic rings. The summed E-state index contributed by atoms with van der Waals surface area (Å²) < 4.78 is 0. The van der Waals surface area contributed by atoms with Crippen LogP contribution in [0.4, 0.5) is 5.69 Å². The van der Waals surface area contributed by atoms with Crippen molar-refractivity contribution in [1.29, 1.82) is 5.41 Å². The molecule has 0 saturated carbocycles. The number of aliphatic hydroxyl groups is 1. The summed E-state index contributed by atoms with van der Waals surface area (Å²) in [7, 11) is 0. The van der Waals surface area contributed by atoms with E-state index in [4.69, 9.17) is 10.4 Å². The molecule has 3 aromatic carbocycles. The Bertz CT molecular complexity index is 1310. The van der Waals surface area contributed by atoms with Gasteiger partial charge in [-0.15, -0.1) is 11.3 Å². The second-order valence-corrected chi connectivity index (χ2v) is 8.75. The van der Waals surface area contributed by atoms with E-state index in [-0.39, 0.29) is 18.1 Å². The summed E-state index contributed by atoms with van der Waals surface area (Å²) in [6, 6.07) is 22.4. The Labute approximate surface area is 179 Å². The lowest BCUT2D eigenvalue weighted by atomic mass is 10.1. The number of thiazole rings is 1. The van der Waals surface area contributed by atoms with Gasteiger partial charge in [0.15, 0.2) is 0 Å².